The summed E-state index contributed by atoms with van der Waals surface area (Å²) >= 11 is 12.0. The molecule has 0 saturated carbocycles. The van der Waals surface area contributed by atoms with Crippen LogP contribution in [0.15, 0.2) is 18.2 Å². The number of hydrogen-bond acceptors (Lipinski definition) is 3. The van der Waals surface area contributed by atoms with E-state index >= 15 is 0 Å². The molecule has 1 heterocycles. The van der Waals surface area contributed by atoms with E-state index < -0.39 is 0 Å². The lowest BCUT2D eigenvalue weighted by Crippen LogP contribution is -2.20. The normalized spacial score (nSPS) is 10.7. The maximum atomic E-state index is 11.8. The second kappa shape index (κ2) is 6.47. The standard InChI is InChI=1S/C14H15Cl2N3O2/c1-8-9(2)18-19(14(8)17-13(20)7-21-3)10-4-5-11(15)12(16)6-10/h4-6H,7H2,1-3H3,(H,17,20). The quantitative estimate of drug-likeness (QED) is 0.936. The number of nitrogens with one attached hydrogen (secondary N) is 1. The van der Waals surface area contributed by atoms with Gasteiger partial charge in [-0.1, -0.05) is 23.2 Å². The summed E-state index contributed by atoms with van der Waals surface area (Å²) in [7, 11) is 1.47. The van der Waals surface area contributed by atoms with Crippen molar-refractivity contribution in [2.75, 3.05) is 19.0 Å². The molecule has 0 unspecified atom stereocenters. The van der Waals surface area contributed by atoms with Gasteiger partial charge in [-0.25, -0.2) is 4.68 Å². The summed E-state index contributed by atoms with van der Waals surface area (Å²) in [6.45, 7) is 3.74. The number of carbonyl (C=O) groups is 1. The Morgan fingerprint density at radius 2 is 2.05 bits per heavy atom. The lowest BCUT2D eigenvalue weighted by Gasteiger charge is -2.10. The first-order chi connectivity index (χ1) is 9.93. The minimum absolute atomic E-state index is 0.0228. The van der Waals surface area contributed by atoms with Crippen molar-refractivity contribution in [3.63, 3.8) is 0 Å². The number of aromatic nitrogens is 2. The first kappa shape index (κ1) is 15.8. The second-order valence-corrected chi connectivity index (χ2v) is 5.36. The number of methoxy groups -OCH3 is 1. The highest BCUT2D eigenvalue weighted by atomic mass is 35.5. The fourth-order valence-corrected chi connectivity index (χ4v) is 2.15. The molecular weight excluding hydrogens is 313 g/mol. The van der Waals surface area contributed by atoms with Crippen molar-refractivity contribution in [1.29, 1.82) is 0 Å². The van der Waals surface area contributed by atoms with Gasteiger partial charge in [0.25, 0.3) is 5.91 Å². The first-order valence-corrected chi connectivity index (χ1v) is 7.00. The Kier molecular flexibility index (Phi) is 4.88. The van der Waals surface area contributed by atoms with Crippen molar-refractivity contribution < 1.29 is 9.53 Å². The Morgan fingerprint density at radius 1 is 1.33 bits per heavy atom. The van der Waals surface area contributed by atoms with Crippen molar-refractivity contribution in [3.8, 4) is 5.69 Å². The number of nitrogens with zero attached hydrogens (tertiary/aromatic N) is 2. The van der Waals surface area contributed by atoms with E-state index in [0.29, 0.717) is 21.6 Å². The van der Waals surface area contributed by atoms with Crippen LogP contribution >= 0.6 is 23.2 Å². The third-order valence-corrected chi connectivity index (χ3v) is 3.78. The smallest absolute Gasteiger partial charge is 0.251 e. The highest BCUT2D eigenvalue weighted by molar-refractivity contribution is 6.42. The molecule has 0 aliphatic rings. The Balaban J connectivity index is 2.45. The SMILES string of the molecule is COCC(=O)Nc1c(C)c(C)nn1-c1ccc(Cl)c(Cl)c1. The third-order valence-electron chi connectivity index (χ3n) is 3.04. The maximum Gasteiger partial charge on any atom is 0.251 e. The van der Waals surface area contributed by atoms with Crippen LogP contribution < -0.4 is 5.32 Å². The van der Waals surface area contributed by atoms with Gasteiger partial charge in [-0.3, -0.25) is 4.79 Å². The highest BCUT2D eigenvalue weighted by Crippen LogP contribution is 2.28. The summed E-state index contributed by atoms with van der Waals surface area (Å²) < 4.78 is 6.45. The lowest BCUT2D eigenvalue weighted by molar-refractivity contribution is -0.119. The summed E-state index contributed by atoms with van der Waals surface area (Å²) in [5.41, 5.74) is 2.41. The molecule has 0 aliphatic carbocycles. The van der Waals surface area contributed by atoms with Gasteiger partial charge in [0.1, 0.15) is 12.4 Å². The number of halogens is 2. The molecule has 5 nitrogen and oxygen atoms in total. The number of anilines is 1. The molecule has 1 aromatic heterocycles. The number of aryl methyl sites for hydroxylation is 1. The molecule has 1 aromatic carbocycles. The highest BCUT2D eigenvalue weighted by Gasteiger charge is 2.16. The van der Waals surface area contributed by atoms with E-state index in [1.165, 1.54) is 7.11 Å². The van der Waals surface area contributed by atoms with Crippen LogP contribution in [0.1, 0.15) is 11.3 Å². The zero-order chi connectivity index (χ0) is 15.6. The van der Waals surface area contributed by atoms with Crippen LogP contribution in [-0.2, 0) is 9.53 Å². The number of ether oxygens (including phenoxy) is 1. The average molecular weight is 328 g/mol. The molecule has 2 aromatic rings. The Morgan fingerprint density at radius 3 is 2.67 bits per heavy atom. The van der Waals surface area contributed by atoms with E-state index in [2.05, 4.69) is 10.4 Å². The number of hydrogen-bond donors (Lipinski definition) is 1. The summed E-state index contributed by atoms with van der Waals surface area (Å²) in [4.78, 5) is 11.8. The van der Waals surface area contributed by atoms with E-state index in [4.69, 9.17) is 27.9 Å². The summed E-state index contributed by atoms with van der Waals surface area (Å²) in [6, 6.07) is 5.17. The predicted molar refractivity (Wildman–Crippen MR) is 83.6 cm³/mol. The predicted octanol–water partition coefficient (Wildman–Crippen LogP) is 3.38. The molecule has 0 radical (unpaired) electrons. The first-order valence-electron chi connectivity index (χ1n) is 6.24. The molecule has 1 amide bonds. The van der Waals surface area contributed by atoms with Gasteiger partial charge >= 0.3 is 0 Å². The van der Waals surface area contributed by atoms with Crippen molar-refractivity contribution >= 4 is 34.9 Å². The van der Waals surface area contributed by atoms with Crippen molar-refractivity contribution in [2.24, 2.45) is 0 Å². The summed E-state index contributed by atoms with van der Waals surface area (Å²) in [5.74, 6) is 0.342. The average Bonchev–Trinajstić information content (AvgIpc) is 2.70. The molecule has 112 valence electrons. The number of benzene rings is 1. The van der Waals surface area contributed by atoms with E-state index in [-0.39, 0.29) is 12.5 Å². The maximum absolute atomic E-state index is 11.8. The van der Waals surface area contributed by atoms with Crippen LogP contribution in [0.2, 0.25) is 10.0 Å². The zero-order valence-corrected chi connectivity index (χ0v) is 13.4. The van der Waals surface area contributed by atoms with Gasteiger partial charge < -0.3 is 10.1 Å². The van der Waals surface area contributed by atoms with Crippen molar-refractivity contribution in [2.45, 2.75) is 13.8 Å². The molecule has 0 fully saturated rings. The lowest BCUT2D eigenvalue weighted by atomic mass is 10.2. The Hall–Kier alpha value is -1.56. The summed E-state index contributed by atoms with van der Waals surface area (Å²) in [6.07, 6.45) is 0. The molecule has 21 heavy (non-hydrogen) atoms. The van der Waals surface area contributed by atoms with E-state index in [0.717, 1.165) is 11.3 Å². The van der Waals surface area contributed by atoms with Gasteiger partial charge in [0.05, 0.1) is 21.4 Å². The van der Waals surface area contributed by atoms with Crippen LogP contribution in [0.5, 0.6) is 0 Å². The molecule has 0 saturated heterocycles. The number of amides is 1. The molecule has 0 atom stereocenters. The van der Waals surface area contributed by atoms with Crippen LogP contribution in [-0.4, -0.2) is 29.4 Å². The molecular formula is C14H15Cl2N3O2. The van der Waals surface area contributed by atoms with Gasteiger partial charge in [0, 0.05) is 12.7 Å². The van der Waals surface area contributed by atoms with E-state index in [9.17, 15) is 4.79 Å². The Bertz CT molecular complexity index is 683. The fraction of sp³-hybridized carbons (Fsp3) is 0.286. The largest absolute Gasteiger partial charge is 0.375 e. The van der Waals surface area contributed by atoms with Gasteiger partial charge in [0.15, 0.2) is 0 Å². The minimum atomic E-state index is -0.248. The Labute approximate surface area is 132 Å². The number of carbonyl (C=O) groups excluding carboxylic acids is 1. The van der Waals surface area contributed by atoms with Crippen LogP contribution in [0, 0.1) is 13.8 Å². The van der Waals surface area contributed by atoms with Crippen LogP contribution in [0.25, 0.3) is 5.69 Å². The molecule has 7 heteroatoms. The fourth-order valence-electron chi connectivity index (χ4n) is 1.85. The van der Waals surface area contributed by atoms with Crippen molar-refractivity contribution in [3.05, 3.63) is 39.5 Å². The van der Waals surface area contributed by atoms with Gasteiger partial charge in [-0.15, -0.1) is 0 Å². The molecule has 0 bridgehead atoms. The molecule has 0 spiro atoms. The zero-order valence-electron chi connectivity index (χ0n) is 11.9. The van der Waals surface area contributed by atoms with E-state index in [1.807, 2.05) is 13.8 Å². The third kappa shape index (κ3) is 3.37. The summed E-state index contributed by atoms with van der Waals surface area (Å²) in [5, 5.41) is 8.11. The number of rotatable bonds is 4. The minimum Gasteiger partial charge on any atom is -0.375 e. The monoisotopic (exact) mass is 327 g/mol. The van der Waals surface area contributed by atoms with Crippen LogP contribution in [0.4, 0.5) is 5.82 Å². The van der Waals surface area contributed by atoms with Crippen molar-refractivity contribution in [1.82, 2.24) is 9.78 Å². The van der Waals surface area contributed by atoms with Gasteiger partial charge in [0.2, 0.25) is 0 Å². The topological polar surface area (TPSA) is 56.1 Å². The molecule has 1 N–H and O–H groups in total. The van der Waals surface area contributed by atoms with E-state index in [1.54, 1.807) is 22.9 Å². The van der Waals surface area contributed by atoms with Gasteiger partial charge in [-0.05, 0) is 32.0 Å². The molecule has 2 rings (SSSR count). The molecule has 0 aliphatic heterocycles. The second-order valence-electron chi connectivity index (χ2n) is 4.55. The van der Waals surface area contributed by atoms with Gasteiger partial charge in [-0.2, -0.15) is 5.10 Å². The van der Waals surface area contributed by atoms with Crippen LogP contribution in [0.3, 0.4) is 0 Å².